The summed E-state index contributed by atoms with van der Waals surface area (Å²) in [5, 5.41) is 23.2. The number of nitrogens with zero attached hydrogens (tertiary/aromatic N) is 10. The Morgan fingerprint density at radius 3 is 3.12 bits per heavy atom. The molecule has 0 spiro atoms. The van der Waals surface area contributed by atoms with Gasteiger partial charge in [-0.25, -0.2) is 0 Å². The highest BCUT2D eigenvalue weighted by Gasteiger charge is 2.13. The van der Waals surface area contributed by atoms with E-state index in [9.17, 15) is 0 Å². The largest absolute Gasteiger partial charge is 0.274 e. The van der Waals surface area contributed by atoms with Gasteiger partial charge in [-0.15, -0.1) is 14.8 Å². The first-order valence-electron chi connectivity index (χ1n) is 4.26. The zero-order chi connectivity index (χ0) is 11.1. The fraction of sp³-hybridized carbons (Fsp3) is 0.167. The third kappa shape index (κ3) is 1.01. The van der Waals surface area contributed by atoms with E-state index in [0.29, 0.717) is 16.6 Å². The summed E-state index contributed by atoms with van der Waals surface area (Å²) in [7, 11) is 1.75. The summed E-state index contributed by atoms with van der Waals surface area (Å²) in [4.78, 5) is 2.69. The number of rotatable bonds is 1. The molecule has 0 fully saturated rings. The van der Waals surface area contributed by atoms with Crippen LogP contribution < -0.4 is 0 Å². The van der Waals surface area contributed by atoms with Crippen LogP contribution in [0.1, 0.15) is 0 Å². The van der Waals surface area contributed by atoms with Crippen molar-refractivity contribution in [3.05, 3.63) is 16.6 Å². The van der Waals surface area contributed by atoms with E-state index < -0.39 is 0 Å². The Hall–Kier alpha value is -2.74. The maximum Gasteiger partial charge on any atom is 0.210 e. The average Bonchev–Trinajstić information content (AvgIpc) is 2.83. The van der Waals surface area contributed by atoms with E-state index in [1.165, 1.54) is 4.63 Å². The third-order valence-corrected chi connectivity index (χ3v) is 2.06. The minimum atomic E-state index is 0.151. The van der Waals surface area contributed by atoms with E-state index in [-0.39, 0.29) is 5.82 Å². The molecule has 0 saturated heterocycles. The zero-order valence-electron chi connectivity index (χ0n) is 8.05. The Morgan fingerprint density at radius 2 is 2.31 bits per heavy atom. The minimum absolute atomic E-state index is 0.151. The number of hydrogen-bond acceptors (Lipinski definition) is 6. The number of azide groups is 1. The normalized spacial score (nSPS) is 10.8. The van der Waals surface area contributed by atoms with Crippen molar-refractivity contribution in [2.45, 2.75) is 0 Å². The maximum atomic E-state index is 8.43. The van der Waals surface area contributed by atoms with Gasteiger partial charge in [0.05, 0.1) is 5.39 Å². The number of aromatic nitrogens is 7. The fourth-order valence-corrected chi connectivity index (χ4v) is 1.48. The Kier molecular flexibility index (Phi) is 1.54. The Labute approximate surface area is 87.1 Å². The fourth-order valence-electron chi connectivity index (χ4n) is 1.48. The average molecular weight is 216 g/mol. The van der Waals surface area contributed by atoms with Crippen molar-refractivity contribution in [3.8, 4) is 0 Å². The quantitative estimate of drug-likeness (QED) is 0.329. The summed E-state index contributed by atoms with van der Waals surface area (Å²) in [6.07, 6.45) is 1.74. The summed E-state index contributed by atoms with van der Waals surface area (Å²) in [5.74, 6) is 0.151. The zero-order valence-corrected chi connectivity index (χ0v) is 8.05. The molecule has 3 aromatic heterocycles. The molecule has 0 atom stereocenters. The van der Waals surface area contributed by atoms with Crippen molar-refractivity contribution >= 4 is 22.4 Å². The lowest BCUT2D eigenvalue weighted by molar-refractivity contribution is 0.735. The molecule has 0 radical (unpaired) electrons. The first-order valence-corrected chi connectivity index (χ1v) is 4.26. The van der Waals surface area contributed by atoms with Gasteiger partial charge in [-0.2, -0.15) is 5.10 Å². The molecule has 0 aliphatic carbocycles. The molecule has 78 valence electrons. The van der Waals surface area contributed by atoms with Crippen LogP contribution in [0.5, 0.6) is 0 Å². The monoisotopic (exact) mass is 216 g/mol. The molecular formula is C6H4N10. The van der Waals surface area contributed by atoms with Crippen LogP contribution in [0.4, 0.5) is 5.82 Å². The summed E-state index contributed by atoms with van der Waals surface area (Å²) >= 11 is 0. The number of aryl methyl sites for hydroxylation is 1. The molecule has 0 aromatic carbocycles. The van der Waals surface area contributed by atoms with Crippen molar-refractivity contribution in [1.82, 2.24) is 35.0 Å². The van der Waals surface area contributed by atoms with Gasteiger partial charge < -0.3 is 0 Å². The van der Waals surface area contributed by atoms with Gasteiger partial charge in [0.2, 0.25) is 5.65 Å². The van der Waals surface area contributed by atoms with Crippen LogP contribution in [0.3, 0.4) is 0 Å². The first kappa shape index (κ1) is 8.56. The summed E-state index contributed by atoms with van der Waals surface area (Å²) in [5.41, 5.74) is 9.38. The third-order valence-electron chi connectivity index (χ3n) is 2.06. The van der Waals surface area contributed by atoms with Crippen LogP contribution in [0.2, 0.25) is 0 Å². The molecule has 0 N–H and O–H groups in total. The van der Waals surface area contributed by atoms with Crippen molar-refractivity contribution in [3.63, 3.8) is 0 Å². The van der Waals surface area contributed by atoms with E-state index >= 15 is 0 Å². The molecular weight excluding hydrogens is 212 g/mol. The molecule has 3 heterocycles. The molecule has 10 heteroatoms. The van der Waals surface area contributed by atoms with Crippen LogP contribution in [-0.2, 0) is 7.05 Å². The molecule has 10 nitrogen and oxygen atoms in total. The molecule has 3 aromatic rings. The highest BCUT2D eigenvalue weighted by atomic mass is 15.6. The highest BCUT2D eigenvalue weighted by Crippen LogP contribution is 2.23. The lowest BCUT2D eigenvalue weighted by Gasteiger charge is -1.93. The first-order chi connectivity index (χ1) is 7.79. The lowest BCUT2D eigenvalue weighted by atomic mass is 10.3. The van der Waals surface area contributed by atoms with Crippen LogP contribution in [0.15, 0.2) is 11.3 Å². The SMILES string of the molecule is Cn1cc2c(n1)c(N=[N+]=[N-])nn1nnnc21. The second-order valence-electron chi connectivity index (χ2n) is 3.07. The van der Waals surface area contributed by atoms with Crippen molar-refractivity contribution in [2.75, 3.05) is 0 Å². The van der Waals surface area contributed by atoms with E-state index in [0.717, 1.165) is 0 Å². The van der Waals surface area contributed by atoms with Crippen molar-refractivity contribution in [2.24, 2.45) is 12.2 Å². The molecule has 0 bridgehead atoms. The molecule has 0 aliphatic rings. The maximum absolute atomic E-state index is 8.43. The summed E-state index contributed by atoms with van der Waals surface area (Å²) in [6, 6.07) is 0. The standard InChI is InChI=1S/C6H4N10/c1-15-2-3-4(10-15)5(8-12-7)11-16-6(3)9-13-14-16/h2H,1H3. The number of hydrogen-bond donors (Lipinski definition) is 0. The second kappa shape index (κ2) is 2.87. The molecule has 3 rings (SSSR count). The van der Waals surface area contributed by atoms with Crippen LogP contribution in [-0.4, -0.2) is 35.0 Å². The van der Waals surface area contributed by atoms with E-state index in [2.05, 4.69) is 35.7 Å². The topological polar surface area (TPSA) is 123 Å². The minimum Gasteiger partial charge on any atom is -0.274 e. The Balaban J connectivity index is 2.58. The van der Waals surface area contributed by atoms with Gasteiger partial charge in [0.15, 0.2) is 5.82 Å². The second-order valence-corrected chi connectivity index (χ2v) is 3.07. The highest BCUT2D eigenvalue weighted by molar-refractivity contribution is 5.95. The predicted octanol–water partition coefficient (Wildman–Crippen LogP) is 0.348. The predicted molar refractivity (Wildman–Crippen MR) is 51.7 cm³/mol. The number of tetrazole rings is 1. The van der Waals surface area contributed by atoms with E-state index in [1.54, 1.807) is 17.9 Å². The smallest absolute Gasteiger partial charge is 0.210 e. The van der Waals surface area contributed by atoms with Crippen molar-refractivity contribution in [1.29, 1.82) is 0 Å². The van der Waals surface area contributed by atoms with Gasteiger partial charge in [-0.05, 0) is 21.1 Å². The van der Waals surface area contributed by atoms with Gasteiger partial charge in [-0.3, -0.25) is 4.68 Å². The van der Waals surface area contributed by atoms with Gasteiger partial charge >= 0.3 is 0 Å². The van der Waals surface area contributed by atoms with Gasteiger partial charge in [-0.1, -0.05) is 0 Å². The Bertz CT molecular complexity index is 728. The molecule has 16 heavy (non-hydrogen) atoms. The summed E-state index contributed by atoms with van der Waals surface area (Å²) in [6.45, 7) is 0. The van der Waals surface area contributed by atoms with Crippen LogP contribution in [0.25, 0.3) is 27.0 Å². The van der Waals surface area contributed by atoms with Gasteiger partial charge in [0.1, 0.15) is 5.52 Å². The molecule has 0 aliphatic heterocycles. The van der Waals surface area contributed by atoms with E-state index in [1.807, 2.05) is 0 Å². The lowest BCUT2D eigenvalue weighted by Crippen LogP contribution is -1.94. The molecule has 0 amide bonds. The van der Waals surface area contributed by atoms with E-state index in [4.69, 9.17) is 5.53 Å². The van der Waals surface area contributed by atoms with Gasteiger partial charge in [0.25, 0.3) is 0 Å². The van der Waals surface area contributed by atoms with Crippen LogP contribution in [0, 0.1) is 0 Å². The Morgan fingerprint density at radius 1 is 1.44 bits per heavy atom. The van der Waals surface area contributed by atoms with Crippen LogP contribution >= 0.6 is 0 Å². The molecule has 0 saturated carbocycles. The number of fused-ring (bicyclic) bond motifs is 3. The summed E-state index contributed by atoms with van der Waals surface area (Å²) < 4.78 is 2.78. The molecule has 0 unspecified atom stereocenters. The van der Waals surface area contributed by atoms with Crippen molar-refractivity contribution < 1.29 is 0 Å². The van der Waals surface area contributed by atoms with Gasteiger partial charge in [0, 0.05) is 18.2 Å².